The maximum absolute atomic E-state index is 12.7. The molecule has 0 saturated carbocycles. The van der Waals surface area contributed by atoms with Crippen LogP contribution in [0.25, 0.3) is 0 Å². The van der Waals surface area contributed by atoms with Gasteiger partial charge < -0.3 is 28.8 Å². The molecule has 0 unspecified atom stereocenters. The lowest BCUT2D eigenvalue weighted by molar-refractivity contribution is -0.306. The van der Waals surface area contributed by atoms with E-state index in [4.69, 9.17) is 23.7 Å². The maximum atomic E-state index is 12.7. The summed E-state index contributed by atoms with van der Waals surface area (Å²) in [6.07, 6.45) is 0.764. The van der Waals surface area contributed by atoms with Crippen molar-refractivity contribution < 1.29 is 48.0 Å². The Labute approximate surface area is 198 Å². The van der Waals surface area contributed by atoms with Crippen molar-refractivity contribution in [3.8, 4) is 0 Å². The van der Waals surface area contributed by atoms with Crippen molar-refractivity contribution in [1.29, 1.82) is 0 Å². The largest absolute Gasteiger partial charge is 0.461 e. The van der Waals surface area contributed by atoms with Gasteiger partial charge in [-0.3, -0.25) is 14.4 Å². The minimum absolute atomic E-state index is 0.00396. The first kappa shape index (κ1) is 25.9. The molecule has 2 bridgehead atoms. The van der Waals surface area contributed by atoms with Gasteiger partial charge in [0.15, 0.2) is 0 Å². The van der Waals surface area contributed by atoms with E-state index in [1.54, 1.807) is 13.0 Å². The number of hydrogen-bond acceptors (Lipinski definition) is 10. The number of rotatable bonds is 6. The van der Waals surface area contributed by atoms with Gasteiger partial charge in [-0.15, -0.1) is 0 Å². The third kappa shape index (κ3) is 5.17. The molecule has 3 aliphatic rings. The molecule has 10 nitrogen and oxygen atoms in total. The van der Waals surface area contributed by atoms with Crippen LogP contribution in [-0.2, 0) is 42.9 Å². The van der Waals surface area contributed by atoms with E-state index in [1.165, 1.54) is 20.8 Å². The fourth-order valence-corrected chi connectivity index (χ4v) is 4.56. The van der Waals surface area contributed by atoms with Gasteiger partial charge in [-0.05, 0) is 32.3 Å². The molecule has 1 saturated heterocycles. The molecule has 0 amide bonds. The predicted molar refractivity (Wildman–Crippen MR) is 116 cm³/mol. The molecule has 3 aliphatic heterocycles. The summed E-state index contributed by atoms with van der Waals surface area (Å²) in [4.78, 5) is 48.6. The number of fused-ring (bicyclic) bond motifs is 3. The second-order valence-corrected chi connectivity index (χ2v) is 9.89. The van der Waals surface area contributed by atoms with Crippen LogP contribution in [0.1, 0.15) is 67.2 Å². The van der Waals surface area contributed by atoms with E-state index >= 15 is 0 Å². The highest BCUT2D eigenvalue weighted by atomic mass is 16.7. The maximum Gasteiger partial charge on any atom is 0.343 e. The minimum Gasteiger partial charge on any atom is -0.461 e. The summed E-state index contributed by atoms with van der Waals surface area (Å²) in [6, 6.07) is 0. The molecular formula is C24H32O10. The normalized spacial score (nSPS) is 34.3. The molecule has 0 spiro atoms. The molecule has 10 heteroatoms. The van der Waals surface area contributed by atoms with E-state index in [9.17, 15) is 24.3 Å². The van der Waals surface area contributed by atoms with E-state index in [2.05, 4.69) is 0 Å². The van der Waals surface area contributed by atoms with Crippen LogP contribution >= 0.6 is 0 Å². The van der Waals surface area contributed by atoms with Crippen LogP contribution in [0.2, 0.25) is 0 Å². The predicted octanol–water partition coefficient (Wildman–Crippen LogP) is 2.23. The van der Waals surface area contributed by atoms with Crippen molar-refractivity contribution in [1.82, 2.24) is 0 Å². The highest BCUT2D eigenvalue weighted by Gasteiger charge is 2.62. The molecule has 0 aromatic heterocycles. The van der Waals surface area contributed by atoms with Crippen molar-refractivity contribution in [3.05, 3.63) is 23.0 Å². The van der Waals surface area contributed by atoms with Gasteiger partial charge in [-0.1, -0.05) is 13.8 Å². The Balaban J connectivity index is 2.13. The standard InChI is InChI=1S/C24H32O10/c1-13(2)9-19(27)33-24-8-7-22(5,34-24)10-17-20(16(21(28)32-17)12-30-14(3)25)18(31-15(4)26)11-23(24,6)29/h10,13,18,29H,7-9,11-12H2,1-6H3/b17-10+/t18-,22+,23-,24-/m0/s1. The third-order valence-corrected chi connectivity index (χ3v) is 6.13. The van der Waals surface area contributed by atoms with Gasteiger partial charge in [-0.2, -0.15) is 0 Å². The number of esters is 4. The smallest absolute Gasteiger partial charge is 0.343 e. The van der Waals surface area contributed by atoms with E-state index in [0.29, 0.717) is 6.42 Å². The van der Waals surface area contributed by atoms with Gasteiger partial charge in [-0.25, -0.2) is 4.79 Å². The van der Waals surface area contributed by atoms with Crippen LogP contribution < -0.4 is 0 Å². The average Bonchev–Trinajstić information content (AvgIpc) is 3.15. The molecule has 0 aromatic carbocycles. The molecule has 4 atom stereocenters. The molecule has 0 radical (unpaired) electrons. The topological polar surface area (TPSA) is 135 Å². The first-order valence-corrected chi connectivity index (χ1v) is 11.3. The monoisotopic (exact) mass is 480 g/mol. The van der Waals surface area contributed by atoms with Gasteiger partial charge in [0, 0.05) is 38.7 Å². The van der Waals surface area contributed by atoms with E-state index in [0.717, 1.165) is 0 Å². The Morgan fingerprint density at radius 1 is 1.18 bits per heavy atom. The van der Waals surface area contributed by atoms with E-state index < -0.39 is 53.6 Å². The number of carbonyl (C=O) groups is 4. The van der Waals surface area contributed by atoms with Gasteiger partial charge in [0.25, 0.3) is 0 Å². The zero-order valence-electron chi connectivity index (χ0n) is 20.4. The van der Waals surface area contributed by atoms with Gasteiger partial charge in [0.2, 0.25) is 5.79 Å². The van der Waals surface area contributed by atoms with Crippen LogP contribution in [0.15, 0.2) is 23.0 Å². The summed E-state index contributed by atoms with van der Waals surface area (Å²) in [5.74, 6) is -4.16. The zero-order valence-corrected chi connectivity index (χ0v) is 20.4. The first-order valence-electron chi connectivity index (χ1n) is 11.3. The number of hydrogen-bond donors (Lipinski definition) is 1. The fraction of sp³-hybridized carbons (Fsp3) is 0.667. The van der Waals surface area contributed by atoms with Crippen molar-refractivity contribution in [2.45, 2.75) is 90.3 Å². The van der Waals surface area contributed by atoms with E-state index in [-0.39, 0.29) is 42.1 Å². The fourth-order valence-electron chi connectivity index (χ4n) is 4.56. The van der Waals surface area contributed by atoms with Crippen LogP contribution in [0.4, 0.5) is 0 Å². The summed E-state index contributed by atoms with van der Waals surface area (Å²) in [7, 11) is 0. The molecule has 1 N–H and O–H groups in total. The first-order chi connectivity index (χ1) is 15.7. The number of carbonyl (C=O) groups excluding carboxylic acids is 4. The Morgan fingerprint density at radius 2 is 1.85 bits per heavy atom. The summed E-state index contributed by atoms with van der Waals surface area (Å²) < 4.78 is 28.0. The highest BCUT2D eigenvalue weighted by Crippen LogP contribution is 2.51. The lowest BCUT2D eigenvalue weighted by Crippen LogP contribution is -2.57. The highest BCUT2D eigenvalue weighted by molar-refractivity contribution is 5.95. The van der Waals surface area contributed by atoms with Gasteiger partial charge in [0.1, 0.15) is 24.1 Å². The molecular weight excluding hydrogens is 448 g/mol. The molecule has 1 fully saturated rings. The SMILES string of the molecule is CC(=O)OCC1=C2/C(=C\[C@@]3(C)CC[C@](OC(=O)CC(C)C)(O3)[C@@](C)(O)C[C@@H]2OC(C)=O)OC1=O. The summed E-state index contributed by atoms with van der Waals surface area (Å²) in [5, 5.41) is 11.7. The zero-order chi connectivity index (χ0) is 25.5. The summed E-state index contributed by atoms with van der Waals surface area (Å²) in [6.45, 7) is 8.89. The van der Waals surface area contributed by atoms with E-state index in [1.807, 2.05) is 13.8 Å². The lowest BCUT2D eigenvalue weighted by Gasteiger charge is -2.43. The van der Waals surface area contributed by atoms with Crippen molar-refractivity contribution in [2.75, 3.05) is 6.61 Å². The molecule has 34 heavy (non-hydrogen) atoms. The van der Waals surface area contributed by atoms with Gasteiger partial charge in [0.05, 0.1) is 11.2 Å². The molecule has 188 valence electrons. The molecule has 3 heterocycles. The van der Waals surface area contributed by atoms with Crippen molar-refractivity contribution in [2.24, 2.45) is 5.92 Å². The van der Waals surface area contributed by atoms with Crippen molar-refractivity contribution in [3.63, 3.8) is 0 Å². The second kappa shape index (κ2) is 9.14. The van der Waals surface area contributed by atoms with Crippen LogP contribution in [0, 0.1) is 5.92 Å². The van der Waals surface area contributed by atoms with Crippen LogP contribution in [0.5, 0.6) is 0 Å². The van der Waals surface area contributed by atoms with Crippen LogP contribution in [-0.4, -0.2) is 58.7 Å². The van der Waals surface area contributed by atoms with Gasteiger partial charge >= 0.3 is 23.9 Å². The Bertz CT molecular complexity index is 959. The summed E-state index contributed by atoms with van der Waals surface area (Å²) >= 11 is 0. The Morgan fingerprint density at radius 3 is 2.44 bits per heavy atom. The Kier molecular flexibility index (Phi) is 6.96. The molecule has 0 aliphatic carbocycles. The molecule has 0 aromatic rings. The Hall–Kier alpha value is -2.72. The lowest BCUT2D eigenvalue weighted by atomic mass is 9.82. The van der Waals surface area contributed by atoms with Crippen LogP contribution in [0.3, 0.4) is 0 Å². The third-order valence-electron chi connectivity index (χ3n) is 6.13. The minimum atomic E-state index is -1.83. The van der Waals surface area contributed by atoms with Crippen molar-refractivity contribution >= 4 is 23.9 Å². The second-order valence-electron chi connectivity index (χ2n) is 9.89. The quantitative estimate of drug-likeness (QED) is 0.445. The summed E-state index contributed by atoms with van der Waals surface area (Å²) in [5.41, 5.74) is -2.73. The molecule has 3 rings (SSSR count). The number of ether oxygens (including phenoxy) is 5. The average molecular weight is 481 g/mol. The number of aliphatic hydroxyl groups is 1.